The molecule has 0 heterocycles. The number of hydrogen-bond acceptors (Lipinski definition) is 11. The Morgan fingerprint density at radius 1 is 0.897 bits per heavy atom. The van der Waals surface area contributed by atoms with Gasteiger partial charge in [-0.1, -0.05) is 32.9 Å². The minimum atomic E-state index is -2.13. The van der Waals surface area contributed by atoms with Gasteiger partial charge in [0.15, 0.2) is 28.9 Å². The van der Waals surface area contributed by atoms with Crippen molar-refractivity contribution in [1.82, 2.24) is 0 Å². The standard InChI is InChI=1S/C28H36O11/c1-14-9-10-25(6,7)28(35)12-19(11-20(28)33)22(36-15(2)29)21-24(37-16(3)30)26(8,38-17(4)31)13-27(21,23(14)34)39-18(5)32/h9-11,14,21-22,24,35H,12-13H2,1-8H3. The molecule has 1 fully saturated rings. The number of carbonyl (C=O) groups is 6. The molecule has 0 aromatic rings. The van der Waals surface area contributed by atoms with E-state index in [-0.39, 0.29) is 12.0 Å². The van der Waals surface area contributed by atoms with Crippen molar-refractivity contribution in [2.75, 3.05) is 0 Å². The molecule has 7 unspecified atom stereocenters. The minimum absolute atomic E-state index is 0.132. The summed E-state index contributed by atoms with van der Waals surface area (Å²) in [5, 5.41) is 11.6. The number of aliphatic hydroxyl groups is 1. The molecule has 11 nitrogen and oxygen atoms in total. The van der Waals surface area contributed by atoms with Gasteiger partial charge in [0.25, 0.3) is 0 Å². The first-order chi connectivity index (χ1) is 17.8. The van der Waals surface area contributed by atoms with E-state index in [1.54, 1.807) is 26.8 Å². The number of fused-ring (bicyclic) bond motifs is 3. The molecule has 0 aromatic heterocycles. The van der Waals surface area contributed by atoms with E-state index in [1.807, 2.05) is 0 Å². The highest BCUT2D eigenvalue weighted by Gasteiger charge is 2.72. The van der Waals surface area contributed by atoms with Crippen molar-refractivity contribution >= 4 is 35.4 Å². The average Bonchev–Trinajstić information content (AvgIpc) is 3.20. The van der Waals surface area contributed by atoms with Crippen LogP contribution in [-0.2, 0) is 47.7 Å². The summed E-state index contributed by atoms with van der Waals surface area (Å²) in [6.45, 7) is 10.7. The van der Waals surface area contributed by atoms with Gasteiger partial charge >= 0.3 is 23.9 Å². The molecule has 0 amide bonds. The van der Waals surface area contributed by atoms with Crippen LogP contribution in [0, 0.1) is 17.3 Å². The van der Waals surface area contributed by atoms with Crippen molar-refractivity contribution < 1.29 is 52.8 Å². The predicted octanol–water partition coefficient (Wildman–Crippen LogP) is 1.92. The minimum Gasteiger partial charge on any atom is -0.458 e. The van der Waals surface area contributed by atoms with E-state index in [4.69, 9.17) is 18.9 Å². The number of Topliss-reactive ketones (excluding diaryl/α,β-unsaturated/α-hetero) is 1. The normalized spacial score (nSPS) is 37.2. The van der Waals surface area contributed by atoms with Gasteiger partial charge in [-0.15, -0.1) is 0 Å². The van der Waals surface area contributed by atoms with E-state index >= 15 is 0 Å². The average molecular weight is 549 g/mol. The van der Waals surface area contributed by atoms with E-state index in [0.717, 1.165) is 33.8 Å². The van der Waals surface area contributed by atoms with Crippen LogP contribution in [0.5, 0.6) is 0 Å². The lowest BCUT2D eigenvalue weighted by Crippen LogP contribution is -2.56. The van der Waals surface area contributed by atoms with Gasteiger partial charge in [-0.2, -0.15) is 0 Å². The lowest BCUT2D eigenvalue weighted by atomic mass is 9.71. The van der Waals surface area contributed by atoms with Crippen LogP contribution in [0.4, 0.5) is 0 Å². The molecule has 1 N–H and O–H groups in total. The lowest BCUT2D eigenvalue weighted by molar-refractivity contribution is -0.189. The molecule has 0 saturated heterocycles. The Labute approximate surface area is 226 Å². The third-order valence-electron chi connectivity index (χ3n) is 7.94. The van der Waals surface area contributed by atoms with Crippen LogP contribution in [0.2, 0.25) is 0 Å². The third-order valence-corrected chi connectivity index (χ3v) is 7.94. The Morgan fingerprint density at radius 3 is 1.97 bits per heavy atom. The maximum absolute atomic E-state index is 14.3. The molecule has 0 spiro atoms. The quantitative estimate of drug-likeness (QED) is 0.311. The number of rotatable bonds is 4. The van der Waals surface area contributed by atoms with Gasteiger partial charge in [-0.25, -0.2) is 0 Å². The first-order valence-corrected chi connectivity index (χ1v) is 12.7. The molecule has 1 saturated carbocycles. The van der Waals surface area contributed by atoms with Gasteiger partial charge in [0.1, 0.15) is 11.7 Å². The van der Waals surface area contributed by atoms with Crippen LogP contribution in [0.15, 0.2) is 23.8 Å². The molecule has 11 heteroatoms. The van der Waals surface area contributed by atoms with Gasteiger partial charge in [-0.05, 0) is 18.6 Å². The summed E-state index contributed by atoms with van der Waals surface area (Å²) in [5.41, 5.74) is -6.82. The van der Waals surface area contributed by atoms with Crippen molar-refractivity contribution in [3.8, 4) is 0 Å². The SMILES string of the molecule is CC(=O)OC1C2=CC(=O)C(O)(C2)C(C)(C)C=CC(C)C(=O)C2(OC(C)=O)CC(C)(OC(C)=O)C(OC(C)=O)C12. The summed E-state index contributed by atoms with van der Waals surface area (Å²) in [6, 6.07) is 0. The molecule has 0 aliphatic heterocycles. The van der Waals surface area contributed by atoms with Crippen LogP contribution in [0.25, 0.3) is 0 Å². The molecule has 7 atom stereocenters. The fourth-order valence-corrected chi connectivity index (χ4v) is 6.23. The first-order valence-electron chi connectivity index (χ1n) is 12.7. The highest BCUT2D eigenvalue weighted by atomic mass is 16.6. The maximum Gasteiger partial charge on any atom is 0.303 e. The number of hydrogen-bond donors (Lipinski definition) is 1. The topological polar surface area (TPSA) is 160 Å². The second-order valence-corrected chi connectivity index (χ2v) is 11.5. The van der Waals surface area contributed by atoms with Crippen LogP contribution >= 0.6 is 0 Å². The van der Waals surface area contributed by atoms with Crippen molar-refractivity contribution in [3.63, 3.8) is 0 Å². The predicted molar refractivity (Wildman–Crippen MR) is 134 cm³/mol. The summed E-state index contributed by atoms with van der Waals surface area (Å²) in [6.07, 6.45) is 0.550. The fraction of sp³-hybridized carbons (Fsp3) is 0.643. The summed E-state index contributed by atoms with van der Waals surface area (Å²) in [7, 11) is 0. The number of ketones is 2. The fourth-order valence-electron chi connectivity index (χ4n) is 6.23. The largest absolute Gasteiger partial charge is 0.458 e. The zero-order valence-electron chi connectivity index (χ0n) is 23.5. The van der Waals surface area contributed by atoms with E-state index in [2.05, 4.69) is 0 Å². The van der Waals surface area contributed by atoms with Crippen molar-refractivity contribution in [2.45, 2.75) is 97.2 Å². The Kier molecular flexibility index (Phi) is 7.75. The number of esters is 4. The Morgan fingerprint density at radius 2 is 1.46 bits per heavy atom. The molecular formula is C28H36O11. The third kappa shape index (κ3) is 5.16. The molecule has 0 aromatic carbocycles. The Hall–Kier alpha value is -3.34. The highest BCUT2D eigenvalue weighted by molar-refractivity contribution is 6.02. The molecule has 3 rings (SSSR count). The number of ether oxygens (including phenoxy) is 4. The lowest BCUT2D eigenvalue weighted by Gasteiger charge is -2.40. The summed E-state index contributed by atoms with van der Waals surface area (Å²) in [5.74, 6) is -6.90. The van der Waals surface area contributed by atoms with Gasteiger partial charge in [-0.3, -0.25) is 28.8 Å². The monoisotopic (exact) mass is 548 g/mol. The van der Waals surface area contributed by atoms with Crippen LogP contribution in [0.1, 0.15) is 68.2 Å². The molecule has 3 aliphatic carbocycles. The van der Waals surface area contributed by atoms with E-state index in [0.29, 0.717) is 0 Å². The number of allylic oxidation sites excluding steroid dienone is 1. The van der Waals surface area contributed by atoms with Gasteiger partial charge in [0, 0.05) is 51.9 Å². The second kappa shape index (κ2) is 10.0. The van der Waals surface area contributed by atoms with Gasteiger partial charge in [0.2, 0.25) is 0 Å². The van der Waals surface area contributed by atoms with E-state index < -0.39 is 88.1 Å². The zero-order chi connectivity index (χ0) is 29.7. The number of carbonyl (C=O) groups excluding carboxylic acids is 6. The van der Waals surface area contributed by atoms with Gasteiger partial charge in [0.05, 0.1) is 5.92 Å². The first kappa shape index (κ1) is 30.2. The smallest absolute Gasteiger partial charge is 0.303 e. The zero-order valence-corrected chi connectivity index (χ0v) is 23.5. The molecule has 39 heavy (non-hydrogen) atoms. The van der Waals surface area contributed by atoms with Crippen LogP contribution in [-0.4, -0.2) is 69.6 Å². The van der Waals surface area contributed by atoms with E-state index in [9.17, 15) is 33.9 Å². The summed E-state index contributed by atoms with van der Waals surface area (Å²) in [4.78, 5) is 77.1. The van der Waals surface area contributed by atoms with Crippen LogP contribution in [0.3, 0.4) is 0 Å². The second-order valence-electron chi connectivity index (χ2n) is 11.5. The Balaban J connectivity index is 2.45. The maximum atomic E-state index is 14.3. The Bertz CT molecular complexity index is 1180. The molecule has 2 bridgehead atoms. The van der Waals surface area contributed by atoms with Crippen LogP contribution < -0.4 is 0 Å². The van der Waals surface area contributed by atoms with Crippen molar-refractivity contribution in [2.24, 2.45) is 17.3 Å². The van der Waals surface area contributed by atoms with Crippen molar-refractivity contribution in [1.29, 1.82) is 0 Å². The summed E-state index contributed by atoms with van der Waals surface area (Å²) < 4.78 is 22.8. The van der Waals surface area contributed by atoms with E-state index in [1.165, 1.54) is 13.0 Å². The van der Waals surface area contributed by atoms with Crippen molar-refractivity contribution in [3.05, 3.63) is 23.8 Å². The molecule has 0 radical (unpaired) electrons. The highest BCUT2D eigenvalue weighted by Crippen LogP contribution is 2.55. The molecular weight excluding hydrogens is 512 g/mol. The molecule has 3 aliphatic rings. The van der Waals surface area contributed by atoms with Gasteiger partial charge < -0.3 is 24.1 Å². The molecule has 214 valence electrons. The summed E-state index contributed by atoms with van der Waals surface area (Å²) >= 11 is 0.